The molecule has 1 N–H and O–H groups in total. The Hall–Kier alpha value is -1.93. The maximum absolute atomic E-state index is 13.6. The van der Waals surface area contributed by atoms with Crippen molar-refractivity contribution in [2.45, 2.75) is 77.3 Å². The van der Waals surface area contributed by atoms with Crippen LogP contribution in [0.4, 0.5) is 5.69 Å². The molecular formula is C23H35N3O4S. The van der Waals surface area contributed by atoms with Gasteiger partial charge in [-0.3, -0.25) is 14.5 Å². The van der Waals surface area contributed by atoms with Gasteiger partial charge in [-0.25, -0.2) is 8.42 Å². The fraction of sp³-hybridized carbons (Fsp3) is 0.652. The molecule has 172 valence electrons. The lowest BCUT2D eigenvalue weighted by Crippen LogP contribution is -2.71. The third kappa shape index (κ3) is 5.12. The van der Waals surface area contributed by atoms with Gasteiger partial charge in [0.15, 0.2) is 0 Å². The molecule has 1 aromatic carbocycles. The summed E-state index contributed by atoms with van der Waals surface area (Å²) in [6.45, 7) is 5.08. The predicted molar refractivity (Wildman–Crippen MR) is 122 cm³/mol. The topological polar surface area (TPSA) is 86.8 Å². The Balaban J connectivity index is 1.98. The summed E-state index contributed by atoms with van der Waals surface area (Å²) in [5, 5.41) is 3.16. The van der Waals surface area contributed by atoms with Crippen molar-refractivity contribution in [3.05, 3.63) is 29.8 Å². The van der Waals surface area contributed by atoms with E-state index in [1.165, 1.54) is 22.0 Å². The second-order valence-corrected chi connectivity index (χ2v) is 11.1. The number of carbonyl (C=O) groups is 2. The molecule has 1 aromatic rings. The molecule has 1 saturated heterocycles. The standard InChI is InChI=1S/C23H35N3O4S/c1-4-15-31(29,30)25-16-21(27)26(20-14-10-9-11-18(20)2)23(3,17-25)22(28)24-19-12-7-5-6-8-13-19/h9-11,14,19H,4-8,12-13,15-17H2,1-3H3,(H,24,28)/t23-/m1/s1. The molecule has 1 saturated carbocycles. The highest BCUT2D eigenvalue weighted by Gasteiger charge is 2.51. The first-order valence-electron chi connectivity index (χ1n) is 11.4. The zero-order valence-electron chi connectivity index (χ0n) is 18.9. The van der Waals surface area contributed by atoms with Crippen molar-refractivity contribution >= 4 is 27.5 Å². The number of nitrogens with zero attached hydrogens (tertiary/aromatic N) is 2. The Morgan fingerprint density at radius 2 is 1.81 bits per heavy atom. The van der Waals surface area contributed by atoms with Crippen LogP contribution in [-0.4, -0.2) is 55.0 Å². The number of para-hydroxylation sites is 1. The molecule has 0 bridgehead atoms. The highest BCUT2D eigenvalue weighted by Crippen LogP contribution is 2.33. The number of hydrogen-bond donors (Lipinski definition) is 1. The number of nitrogens with one attached hydrogen (secondary N) is 1. The zero-order valence-corrected chi connectivity index (χ0v) is 19.7. The van der Waals surface area contributed by atoms with Gasteiger partial charge in [-0.05, 0) is 44.7 Å². The van der Waals surface area contributed by atoms with E-state index < -0.39 is 15.6 Å². The van der Waals surface area contributed by atoms with Crippen molar-refractivity contribution in [3.63, 3.8) is 0 Å². The van der Waals surface area contributed by atoms with Crippen molar-refractivity contribution in [1.29, 1.82) is 0 Å². The quantitative estimate of drug-likeness (QED) is 0.677. The third-order valence-corrected chi connectivity index (χ3v) is 8.40. The second-order valence-electron chi connectivity index (χ2n) is 9.04. The van der Waals surface area contributed by atoms with Gasteiger partial charge in [0, 0.05) is 18.3 Å². The normalized spacial score (nSPS) is 24.1. The van der Waals surface area contributed by atoms with Crippen LogP contribution >= 0.6 is 0 Å². The Morgan fingerprint density at radius 3 is 2.42 bits per heavy atom. The summed E-state index contributed by atoms with van der Waals surface area (Å²) in [6.07, 6.45) is 6.76. The maximum Gasteiger partial charge on any atom is 0.247 e. The number of rotatable bonds is 6. The van der Waals surface area contributed by atoms with Crippen molar-refractivity contribution in [3.8, 4) is 0 Å². The van der Waals surface area contributed by atoms with Crippen molar-refractivity contribution in [1.82, 2.24) is 9.62 Å². The average molecular weight is 450 g/mol. The number of benzene rings is 1. The van der Waals surface area contributed by atoms with E-state index in [1.807, 2.05) is 31.2 Å². The van der Waals surface area contributed by atoms with E-state index in [2.05, 4.69) is 5.32 Å². The molecule has 1 atom stereocenters. The van der Waals surface area contributed by atoms with E-state index in [1.54, 1.807) is 13.8 Å². The molecule has 0 radical (unpaired) electrons. The van der Waals surface area contributed by atoms with Crippen molar-refractivity contribution in [2.24, 2.45) is 0 Å². The van der Waals surface area contributed by atoms with Gasteiger partial charge in [0.05, 0.1) is 12.3 Å². The molecule has 7 nitrogen and oxygen atoms in total. The molecule has 1 aliphatic carbocycles. The van der Waals surface area contributed by atoms with Gasteiger partial charge in [0.1, 0.15) is 5.54 Å². The number of anilines is 1. The van der Waals surface area contributed by atoms with Crippen LogP contribution in [0.5, 0.6) is 0 Å². The van der Waals surface area contributed by atoms with Crippen LogP contribution < -0.4 is 10.2 Å². The zero-order chi connectivity index (χ0) is 22.6. The summed E-state index contributed by atoms with van der Waals surface area (Å²) in [7, 11) is -3.62. The molecule has 0 aromatic heterocycles. The molecule has 0 unspecified atom stereocenters. The first kappa shape index (κ1) is 23.7. The minimum Gasteiger partial charge on any atom is -0.351 e. The van der Waals surface area contributed by atoms with Gasteiger partial charge < -0.3 is 5.32 Å². The second kappa shape index (κ2) is 9.69. The fourth-order valence-corrected chi connectivity index (χ4v) is 6.23. The van der Waals surface area contributed by atoms with Crippen LogP contribution in [0.1, 0.15) is 64.4 Å². The van der Waals surface area contributed by atoms with Gasteiger partial charge in [0.25, 0.3) is 0 Å². The molecular weight excluding hydrogens is 414 g/mol. The first-order chi connectivity index (χ1) is 14.7. The van der Waals surface area contributed by atoms with Crippen LogP contribution in [0, 0.1) is 6.92 Å². The SMILES string of the molecule is CCCS(=O)(=O)N1CC(=O)N(c2ccccc2C)[C@@](C)(C(=O)NC2CCCCCC2)C1. The minimum atomic E-state index is -3.62. The first-order valence-corrected chi connectivity index (χ1v) is 13.0. The molecule has 1 aliphatic heterocycles. The average Bonchev–Trinajstić information content (AvgIpc) is 2.97. The molecule has 1 heterocycles. The summed E-state index contributed by atoms with van der Waals surface area (Å²) in [5.74, 6) is -0.698. The number of carbonyl (C=O) groups excluding carboxylic acids is 2. The van der Waals surface area contributed by atoms with Crippen LogP contribution in [0.3, 0.4) is 0 Å². The number of hydrogen-bond acceptors (Lipinski definition) is 4. The highest BCUT2D eigenvalue weighted by atomic mass is 32.2. The van der Waals surface area contributed by atoms with Crippen LogP contribution in [-0.2, 0) is 19.6 Å². The van der Waals surface area contributed by atoms with Crippen LogP contribution in [0.25, 0.3) is 0 Å². The molecule has 0 spiro atoms. The Morgan fingerprint density at radius 1 is 1.16 bits per heavy atom. The van der Waals surface area contributed by atoms with Crippen molar-refractivity contribution in [2.75, 3.05) is 23.7 Å². The number of aryl methyl sites for hydroxylation is 1. The summed E-state index contributed by atoms with van der Waals surface area (Å²) in [4.78, 5) is 28.5. The summed E-state index contributed by atoms with van der Waals surface area (Å²) >= 11 is 0. The summed E-state index contributed by atoms with van der Waals surface area (Å²) < 4.78 is 26.8. The van der Waals surface area contributed by atoms with E-state index >= 15 is 0 Å². The van der Waals surface area contributed by atoms with E-state index in [-0.39, 0.29) is 36.7 Å². The van der Waals surface area contributed by atoms with Crippen molar-refractivity contribution < 1.29 is 18.0 Å². The lowest BCUT2D eigenvalue weighted by Gasteiger charge is -2.47. The van der Waals surface area contributed by atoms with E-state index in [9.17, 15) is 18.0 Å². The Kier molecular flexibility index (Phi) is 7.42. The van der Waals surface area contributed by atoms with Gasteiger partial charge >= 0.3 is 0 Å². The summed E-state index contributed by atoms with van der Waals surface area (Å²) in [6, 6.07) is 7.49. The van der Waals surface area contributed by atoms with Gasteiger partial charge in [-0.1, -0.05) is 50.8 Å². The monoisotopic (exact) mass is 449 g/mol. The lowest BCUT2D eigenvalue weighted by molar-refractivity contribution is -0.133. The predicted octanol–water partition coefficient (Wildman–Crippen LogP) is 2.98. The van der Waals surface area contributed by atoms with E-state index in [0.29, 0.717) is 12.1 Å². The Labute approximate surface area is 186 Å². The fourth-order valence-electron chi connectivity index (χ4n) is 4.70. The smallest absolute Gasteiger partial charge is 0.247 e. The molecule has 2 aliphatic rings. The highest BCUT2D eigenvalue weighted by molar-refractivity contribution is 7.89. The Bertz CT molecular complexity index is 909. The van der Waals surface area contributed by atoms with Crippen LogP contribution in [0.15, 0.2) is 24.3 Å². The largest absolute Gasteiger partial charge is 0.351 e. The lowest BCUT2D eigenvalue weighted by atomic mass is 9.92. The van der Waals surface area contributed by atoms with Gasteiger partial charge in [0.2, 0.25) is 21.8 Å². The summed E-state index contributed by atoms with van der Waals surface area (Å²) in [5.41, 5.74) is 0.196. The maximum atomic E-state index is 13.6. The third-order valence-electron chi connectivity index (χ3n) is 6.43. The molecule has 2 amide bonds. The number of amides is 2. The molecule has 3 rings (SSSR count). The van der Waals surface area contributed by atoms with Gasteiger partial charge in [-0.2, -0.15) is 4.31 Å². The molecule has 31 heavy (non-hydrogen) atoms. The van der Waals surface area contributed by atoms with E-state index in [0.717, 1.165) is 31.2 Å². The van der Waals surface area contributed by atoms with E-state index in [4.69, 9.17) is 0 Å². The van der Waals surface area contributed by atoms with Crippen LogP contribution in [0.2, 0.25) is 0 Å². The minimum absolute atomic E-state index is 0.0367. The molecule has 8 heteroatoms. The van der Waals surface area contributed by atoms with Gasteiger partial charge in [-0.15, -0.1) is 0 Å². The number of sulfonamides is 1. The molecule has 2 fully saturated rings. The number of piperazine rings is 1.